The van der Waals surface area contributed by atoms with Gasteiger partial charge in [-0.2, -0.15) is 0 Å². The Balaban J connectivity index is 2.02. The minimum Gasteiger partial charge on any atom is -0.472 e. The molecule has 1 atom stereocenters. The van der Waals surface area contributed by atoms with Gasteiger partial charge in [-0.25, -0.2) is 0 Å². The van der Waals surface area contributed by atoms with Crippen LogP contribution in [-0.2, 0) is 0 Å². The molecular weight excluding hydrogens is 154 g/mol. The molecule has 0 fully saturated rings. The highest BCUT2D eigenvalue weighted by Gasteiger charge is 2.33. The van der Waals surface area contributed by atoms with Crippen molar-refractivity contribution in [1.29, 1.82) is 0 Å². The van der Waals surface area contributed by atoms with E-state index in [2.05, 4.69) is 4.98 Å². The first kappa shape index (κ1) is 5.94. The molecule has 0 spiro atoms. The molecular formula is C9H7NO2. The fraction of sp³-hybridized carbons (Fsp3) is 0.111. The zero-order chi connectivity index (χ0) is 7.97. The summed E-state index contributed by atoms with van der Waals surface area (Å²) in [5.74, 6) is 1.77. The molecule has 60 valence electrons. The van der Waals surface area contributed by atoms with Gasteiger partial charge in [0.05, 0.1) is 12.0 Å². The molecule has 0 saturated heterocycles. The van der Waals surface area contributed by atoms with Crippen LogP contribution in [0.25, 0.3) is 0 Å². The Kier molecular flexibility index (Phi) is 0.961. The number of nitrogens with one attached hydrogen (secondary N) is 1. The predicted molar refractivity (Wildman–Crippen MR) is 42.0 cm³/mol. The van der Waals surface area contributed by atoms with Gasteiger partial charge in [0.2, 0.25) is 0 Å². The van der Waals surface area contributed by atoms with E-state index < -0.39 is 0 Å². The van der Waals surface area contributed by atoms with Crippen molar-refractivity contribution in [3.63, 3.8) is 0 Å². The molecule has 1 aliphatic rings. The van der Waals surface area contributed by atoms with E-state index in [1.165, 1.54) is 0 Å². The number of ether oxygens (including phenoxy) is 1. The van der Waals surface area contributed by atoms with Crippen molar-refractivity contribution in [1.82, 2.24) is 4.98 Å². The summed E-state index contributed by atoms with van der Waals surface area (Å²) in [6.45, 7) is 0. The maximum atomic E-state index is 5.44. The second kappa shape index (κ2) is 1.94. The van der Waals surface area contributed by atoms with Crippen LogP contribution in [0.3, 0.4) is 0 Å². The standard InChI is InChI=1S/C9H7NO2/c1-2-6(10-4-1)8-9-7(12-8)3-5-11-9/h1-5,8,10H. The lowest BCUT2D eigenvalue weighted by atomic mass is 10.1. The van der Waals surface area contributed by atoms with Crippen LogP contribution in [-0.4, -0.2) is 4.98 Å². The van der Waals surface area contributed by atoms with Crippen LogP contribution in [0.1, 0.15) is 17.6 Å². The van der Waals surface area contributed by atoms with Gasteiger partial charge in [-0.05, 0) is 12.1 Å². The summed E-state index contributed by atoms with van der Waals surface area (Å²) >= 11 is 0. The fourth-order valence-corrected chi connectivity index (χ4v) is 1.43. The van der Waals surface area contributed by atoms with E-state index in [1.54, 1.807) is 6.26 Å². The highest BCUT2D eigenvalue weighted by Crippen LogP contribution is 2.42. The van der Waals surface area contributed by atoms with Crippen LogP contribution in [0.2, 0.25) is 0 Å². The fourth-order valence-electron chi connectivity index (χ4n) is 1.43. The molecule has 0 radical (unpaired) electrons. The Morgan fingerprint density at radius 1 is 1.33 bits per heavy atom. The Morgan fingerprint density at radius 2 is 2.33 bits per heavy atom. The van der Waals surface area contributed by atoms with Gasteiger partial charge >= 0.3 is 0 Å². The van der Waals surface area contributed by atoms with E-state index in [0.717, 1.165) is 17.2 Å². The van der Waals surface area contributed by atoms with Crippen molar-refractivity contribution in [2.45, 2.75) is 6.10 Å². The highest BCUT2D eigenvalue weighted by molar-refractivity contribution is 5.39. The van der Waals surface area contributed by atoms with Crippen LogP contribution >= 0.6 is 0 Å². The average molecular weight is 161 g/mol. The van der Waals surface area contributed by atoms with E-state index in [9.17, 15) is 0 Å². The summed E-state index contributed by atoms with van der Waals surface area (Å²) < 4.78 is 10.7. The van der Waals surface area contributed by atoms with Crippen molar-refractivity contribution >= 4 is 0 Å². The summed E-state index contributed by atoms with van der Waals surface area (Å²) in [7, 11) is 0. The van der Waals surface area contributed by atoms with Gasteiger partial charge in [0.25, 0.3) is 0 Å². The van der Waals surface area contributed by atoms with Crippen LogP contribution in [0.5, 0.6) is 5.75 Å². The number of hydrogen-bond acceptors (Lipinski definition) is 2. The molecule has 2 aromatic rings. The minimum atomic E-state index is -0.0231. The smallest absolute Gasteiger partial charge is 0.200 e. The Morgan fingerprint density at radius 3 is 3.08 bits per heavy atom. The average Bonchev–Trinajstić information content (AvgIpc) is 2.62. The molecule has 0 amide bonds. The maximum Gasteiger partial charge on any atom is 0.200 e. The number of aromatic amines is 1. The van der Waals surface area contributed by atoms with Crippen LogP contribution < -0.4 is 4.74 Å². The highest BCUT2D eigenvalue weighted by atomic mass is 16.5. The van der Waals surface area contributed by atoms with E-state index in [4.69, 9.17) is 9.15 Å². The summed E-state index contributed by atoms with van der Waals surface area (Å²) in [6, 6.07) is 5.75. The molecule has 0 saturated carbocycles. The van der Waals surface area contributed by atoms with Crippen molar-refractivity contribution in [2.75, 3.05) is 0 Å². The molecule has 1 unspecified atom stereocenters. The van der Waals surface area contributed by atoms with Crippen LogP contribution in [0.15, 0.2) is 35.1 Å². The molecule has 1 N–H and O–H groups in total. The second-order valence-electron chi connectivity index (χ2n) is 2.77. The predicted octanol–water partition coefficient (Wildman–Crippen LogP) is 2.09. The number of H-pyrrole nitrogens is 1. The second-order valence-corrected chi connectivity index (χ2v) is 2.77. The first-order chi connectivity index (χ1) is 5.95. The Labute approximate surface area is 69.0 Å². The number of rotatable bonds is 1. The summed E-state index contributed by atoms with van der Waals surface area (Å²) in [4.78, 5) is 3.08. The molecule has 2 aromatic heterocycles. The van der Waals surface area contributed by atoms with E-state index >= 15 is 0 Å². The normalized spacial score (nSPS) is 19.5. The third-order valence-electron chi connectivity index (χ3n) is 2.04. The Hall–Kier alpha value is -1.64. The largest absolute Gasteiger partial charge is 0.472 e. The molecule has 3 rings (SSSR count). The van der Waals surface area contributed by atoms with Crippen molar-refractivity contribution in [2.24, 2.45) is 0 Å². The number of aromatic nitrogens is 1. The molecule has 3 nitrogen and oxygen atoms in total. The van der Waals surface area contributed by atoms with E-state index in [-0.39, 0.29) is 6.10 Å². The van der Waals surface area contributed by atoms with Crippen molar-refractivity contribution < 1.29 is 9.15 Å². The van der Waals surface area contributed by atoms with Crippen molar-refractivity contribution in [3.05, 3.63) is 42.1 Å². The molecule has 12 heavy (non-hydrogen) atoms. The van der Waals surface area contributed by atoms with Gasteiger partial charge in [0.15, 0.2) is 17.6 Å². The van der Waals surface area contributed by atoms with E-state index in [1.807, 2.05) is 24.4 Å². The lowest BCUT2D eigenvalue weighted by Gasteiger charge is -2.24. The number of fused-ring (bicyclic) bond motifs is 1. The molecule has 0 aliphatic carbocycles. The summed E-state index contributed by atoms with van der Waals surface area (Å²) in [5.41, 5.74) is 1.04. The van der Waals surface area contributed by atoms with Gasteiger partial charge in [-0.3, -0.25) is 0 Å². The van der Waals surface area contributed by atoms with Crippen LogP contribution in [0, 0.1) is 0 Å². The monoisotopic (exact) mass is 161 g/mol. The third-order valence-corrected chi connectivity index (χ3v) is 2.04. The molecule has 3 heteroatoms. The molecule has 1 aliphatic heterocycles. The first-order valence-corrected chi connectivity index (χ1v) is 3.82. The van der Waals surface area contributed by atoms with E-state index in [0.29, 0.717) is 0 Å². The summed E-state index contributed by atoms with van der Waals surface area (Å²) in [6.07, 6.45) is 3.50. The van der Waals surface area contributed by atoms with Gasteiger partial charge in [-0.1, -0.05) is 0 Å². The molecule has 0 bridgehead atoms. The van der Waals surface area contributed by atoms with Gasteiger partial charge < -0.3 is 14.1 Å². The molecule has 0 aromatic carbocycles. The summed E-state index contributed by atoms with van der Waals surface area (Å²) in [5, 5.41) is 0. The van der Waals surface area contributed by atoms with Crippen LogP contribution in [0.4, 0.5) is 0 Å². The van der Waals surface area contributed by atoms with Gasteiger partial charge in [0, 0.05) is 12.3 Å². The quantitative estimate of drug-likeness (QED) is 0.695. The zero-order valence-electron chi connectivity index (χ0n) is 6.28. The first-order valence-electron chi connectivity index (χ1n) is 3.82. The van der Waals surface area contributed by atoms with Gasteiger partial charge in [-0.15, -0.1) is 0 Å². The Bertz CT molecular complexity index is 388. The lowest BCUT2D eigenvalue weighted by Crippen LogP contribution is -2.18. The topological polar surface area (TPSA) is 38.2 Å². The van der Waals surface area contributed by atoms with Crippen molar-refractivity contribution in [3.8, 4) is 5.75 Å². The zero-order valence-corrected chi connectivity index (χ0v) is 6.28. The van der Waals surface area contributed by atoms with Gasteiger partial charge in [0.1, 0.15) is 0 Å². The minimum absolute atomic E-state index is 0.0231. The number of furan rings is 1. The maximum absolute atomic E-state index is 5.44. The number of hydrogen-bond donors (Lipinski definition) is 1. The SMILES string of the molecule is c1c[nH]c(C2Oc3ccoc32)c1. The molecule has 3 heterocycles. The third kappa shape index (κ3) is 0.605. The lowest BCUT2D eigenvalue weighted by molar-refractivity contribution is 0.144.